The van der Waals surface area contributed by atoms with E-state index in [1.807, 2.05) is 0 Å². The van der Waals surface area contributed by atoms with E-state index < -0.39 is 10.0 Å². The second-order valence-electron chi connectivity index (χ2n) is 9.37. The molecular formula is C21H31N3O3S. The number of hydrogen-bond acceptors (Lipinski definition) is 5. The topological polar surface area (TPSA) is 70.7 Å². The van der Waals surface area contributed by atoms with Gasteiger partial charge in [0, 0.05) is 31.7 Å². The standard InChI is InChI=1S/C21H31N3O3S/c1-27-20-3-2-18(11-19(20)24-6-4-22-5-7-24)28(25,26)23-21-12-15-8-16(13-21)10-17(9-15)14-21/h2-3,11,15-17,22-23H,4-10,12-14H2,1H3. The van der Waals surface area contributed by atoms with Crippen molar-refractivity contribution in [3.63, 3.8) is 0 Å². The number of piperazine rings is 1. The van der Waals surface area contributed by atoms with Crippen LogP contribution in [0.4, 0.5) is 5.69 Å². The monoisotopic (exact) mass is 405 g/mol. The summed E-state index contributed by atoms with van der Waals surface area (Å²) < 4.78 is 35.4. The van der Waals surface area contributed by atoms with E-state index in [1.54, 1.807) is 25.3 Å². The number of nitrogens with zero attached hydrogens (tertiary/aromatic N) is 1. The van der Waals surface area contributed by atoms with E-state index in [-0.39, 0.29) is 5.54 Å². The van der Waals surface area contributed by atoms with Crippen LogP contribution in [0.15, 0.2) is 23.1 Å². The van der Waals surface area contributed by atoms with E-state index in [0.717, 1.165) is 56.9 Å². The lowest BCUT2D eigenvalue weighted by Crippen LogP contribution is -2.59. The SMILES string of the molecule is COc1ccc(S(=O)(=O)NC23CC4CC(CC(C4)C2)C3)cc1N1CCNCC1. The third-order valence-electron chi connectivity index (χ3n) is 7.31. The minimum atomic E-state index is -3.56. The number of methoxy groups -OCH3 is 1. The Kier molecular flexibility index (Phi) is 4.60. The molecule has 1 saturated heterocycles. The van der Waals surface area contributed by atoms with Gasteiger partial charge in [-0.3, -0.25) is 0 Å². The highest BCUT2D eigenvalue weighted by Gasteiger charge is 2.52. The molecule has 6 nitrogen and oxygen atoms in total. The van der Waals surface area contributed by atoms with Crippen LogP contribution >= 0.6 is 0 Å². The fraction of sp³-hybridized carbons (Fsp3) is 0.714. The van der Waals surface area contributed by atoms with Gasteiger partial charge in [0.05, 0.1) is 17.7 Å². The molecule has 0 spiro atoms. The number of anilines is 1. The maximum atomic E-state index is 13.4. The summed E-state index contributed by atoms with van der Waals surface area (Å²) in [5.41, 5.74) is 0.653. The van der Waals surface area contributed by atoms with Gasteiger partial charge in [0.2, 0.25) is 10.0 Å². The molecule has 0 amide bonds. The zero-order valence-corrected chi connectivity index (χ0v) is 17.4. The quantitative estimate of drug-likeness (QED) is 0.787. The van der Waals surface area contributed by atoms with Gasteiger partial charge in [0.25, 0.3) is 0 Å². The van der Waals surface area contributed by atoms with Gasteiger partial charge in [-0.15, -0.1) is 0 Å². The van der Waals surface area contributed by atoms with Crippen molar-refractivity contribution in [3.8, 4) is 5.75 Å². The Morgan fingerprint density at radius 1 is 1.07 bits per heavy atom. The van der Waals surface area contributed by atoms with Gasteiger partial charge < -0.3 is 15.0 Å². The van der Waals surface area contributed by atoms with Gasteiger partial charge in [-0.1, -0.05) is 0 Å². The second kappa shape index (κ2) is 6.89. The molecule has 1 aromatic carbocycles. The van der Waals surface area contributed by atoms with Crippen molar-refractivity contribution >= 4 is 15.7 Å². The normalized spacial score (nSPS) is 34.6. The summed E-state index contributed by atoms with van der Waals surface area (Å²) in [6, 6.07) is 5.28. The molecule has 5 aliphatic rings. The highest BCUT2D eigenvalue weighted by atomic mass is 32.2. The average molecular weight is 406 g/mol. The fourth-order valence-corrected chi connectivity index (χ4v) is 8.02. The number of nitrogens with one attached hydrogen (secondary N) is 2. The Balaban J connectivity index is 1.43. The Hall–Kier alpha value is -1.31. The maximum absolute atomic E-state index is 13.4. The third-order valence-corrected chi connectivity index (χ3v) is 8.88. The molecule has 0 atom stereocenters. The van der Waals surface area contributed by atoms with E-state index >= 15 is 0 Å². The zero-order valence-electron chi connectivity index (χ0n) is 16.6. The Bertz CT molecular complexity index is 813. The molecule has 7 heteroatoms. The van der Waals surface area contributed by atoms with Gasteiger partial charge in [-0.2, -0.15) is 0 Å². The van der Waals surface area contributed by atoms with Crippen molar-refractivity contribution in [3.05, 3.63) is 18.2 Å². The van der Waals surface area contributed by atoms with Crippen molar-refractivity contribution in [1.29, 1.82) is 0 Å². The molecule has 4 aliphatic carbocycles. The first-order chi connectivity index (χ1) is 13.5. The van der Waals surface area contributed by atoms with E-state index in [1.165, 1.54) is 19.3 Å². The molecule has 0 aromatic heterocycles. The number of benzene rings is 1. The predicted octanol–water partition coefficient (Wildman–Crippen LogP) is 2.35. The van der Waals surface area contributed by atoms with Gasteiger partial charge in [-0.25, -0.2) is 13.1 Å². The lowest BCUT2D eigenvalue weighted by Gasteiger charge is -2.56. The van der Waals surface area contributed by atoms with Crippen LogP contribution in [0.25, 0.3) is 0 Å². The van der Waals surface area contributed by atoms with Crippen LogP contribution in [0.3, 0.4) is 0 Å². The van der Waals surface area contributed by atoms with Crippen molar-refractivity contribution in [2.24, 2.45) is 17.8 Å². The Morgan fingerprint density at radius 3 is 2.25 bits per heavy atom. The smallest absolute Gasteiger partial charge is 0.241 e. The molecule has 5 fully saturated rings. The summed E-state index contributed by atoms with van der Waals surface area (Å²) in [6.45, 7) is 3.49. The van der Waals surface area contributed by atoms with Crippen LogP contribution in [-0.4, -0.2) is 47.2 Å². The fourth-order valence-electron chi connectivity index (χ4n) is 6.57. The number of hydrogen-bond donors (Lipinski definition) is 2. The van der Waals surface area contributed by atoms with Crippen LogP contribution < -0.4 is 19.7 Å². The number of ether oxygens (including phenoxy) is 1. The van der Waals surface area contributed by atoms with Crippen LogP contribution in [0.2, 0.25) is 0 Å². The second-order valence-corrected chi connectivity index (χ2v) is 11.1. The van der Waals surface area contributed by atoms with Crippen LogP contribution in [0.5, 0.6) is 5.75 Å². The predicted molar refractivity (Wildman–Crippen MR) is 109 cm³/mol. The van der Waals surface area contributed by atoms with Crippen LogP contribution in [-0.2, 0) is 10.0 Å². The highest BCUT2D eigenvalue weighted by Crippen LogP contribution is 2.56. The molecule has 2 N–H and O–H groups in total. The van der Waals surface area contributed by atoms with E-state index in [2.05, 4.69) is 14.9 Å². The maximum Gasteiger partial charge on any atom is 0.241 e. The summed E-state index contributed by atoms with van der Waals surface area (Å²) in [6.07, 6.45) is 6.95. The molecule has 1 heterocycles. The summed E-state index contributed by atoms with van der Waals surface area (Å²) >= 11 is 0. The van der Waals surface area contributed by atoms with Gasteiger partial charge in [0.15, 0.2) is 0 Å². The number of rotatable bonds is 5. The molecule has 4 bridgehead atoms. The van der Waals surface area contributed by atoms with Crippen molar-refractivity contribution < 1.29 is 13.2 Å². The molecule has 28 heavy (non-hydrogen) atoms. The Morgan fingerprint density at radius 2 is 1.68 bits per heavy atom. The molecule has 0 unspecified atom stereocenters. The van der Waals surface area contributed by atoms with E-state index in [9.17, 15) is 8.42 Å². The van der Waals surface area contributed by atoms with Crippen LogP contribution in [0, 0.1) is 17.8 Å². The highest BCUT2D eigenvalue weighted by molar-refractivity contribution is 7.89. The molecule has 0 radical (unpaired) electrons. The lowest BCUT2D eigenvalue weighted by molar-refractivity contribution is -0.00810. The van der Waals surface area contributed by atoms with Crippen molar-refractivity contribution in [2.45, 2.75) is 49.0 Å². The van der Waals surface area contributed by atoms with Gasteiger partial charge >= 0.3 is 0 Å². The first-order valence-corrected chi connectivity index (χ1v) is 12.1. The van der Waals surface area contributed by atoms with Gasteiger partial charge in [0.1, 0.15) is 5.75 Å². The summed E-state index contributed by atoms with van der Waals surface area (Å²) in [5, 5.41) is 3.34. The summed E-state index contributed by atoms with van der Waals surface area (Å²) in [5.74, 6) is 2.86. The number of sulfonamides is 1. The zero-order chi connectivity index (χ0) is 19.4. The third kappa shape index (κ3) is 3.31. The molecule has 154 valence electrons. The molecule has 4 saturated carbocycles. The first kappa shape index (κ1) is 18.7. The van der Waals surface area contributed by atoms with Crippen molar-refractivity contribution in [2.75, 3.05) is 38.2 Å². The molecular weight excluding hydrogens is 374 g/mol. The summed E-state index contributed by atoms with van der Waals surface area (Å²) in [4.78, 5) is 2.57. The van der Waals surface area contributed by atoms with Crippen molar-refractivity contribution in [1.82, 2.24) is 10.0 Å². The molecule has 1 aliphatic heterocycles. The minimum Gasteiger partial charge on any atom is -0.495 e. The van der Waals surface area contributed by atoms with E-state index in [0.29, 0.717) is 22.6 Å². The largest absolute Gasteiger partial charge is 0.495 e. The Labute approximate surface area is 168 Å². The summed E-state index contributed by atoms with van der Waals surface area (Å²) in [7, 11) is -1.92. The first-order valence-electron chi connectivity index (χ1n) is 10.6. The minimum absolute atomic E-state index is 0.220. The molecule has 6 rings (SSSR count). The van der Waals surface area contributed by atoms with E-state index in [4.69, 9.17) is 4.74 Å². The average Bonchev–Trinajstić information content (AvgIpc) is 2.66. The molecule has 1 aromatic rings. The van der Waals surface area contributed by atoms with Crippen LogP contribution in [0.1, 0.15) is 38.5 Å². The lowest BCUT2D eigenvalue weighted by atomic mass is 9.53. The van der Waals surface area contributed by atoms with Gasteiger partial charge in [-0.05, 0) is 74.5 Å².